The Balaban J connectivity index is 2.07. The van der Waals surface area contributed by atoms with E-state index < -0.39 is 0 Å². The fourth-order valence-electron chi connectivity index (χ4n) is 3.05. The molecule has 0 radical (unpaired) electrons. The molecule has 0 aliphatic heterocycles. The van der Waals surface area contributed by atoms with Gasteiger partial charge in [0, 0.05) is 19.6 Å². The second-order valence-corrected chi connectivity index (χ2v) is 6.64. The number of hydrogen-bond acceptors (Lipinski definition) is 3. The molecule has 5 nitrogen and oxygen atoms in total. The molecule has 2 atom stereocenters. The van der Waals surface area contributed by atoms with Crippen LogP contribution in [0.2, 0.25) is 5.02 Å². The number of aryl methyl sites for hydroxylation is 1. The minimum atomic E-state index is -0.153. The molecule has 0 spiro atoms. The fraction of sp³-hybridized carbons (Fsp3) is 0.733. The Morgan fingerprint density at radius 1 is 1.43 bits per heavy atom. The lowest BCUT2D eigenvalue weighted by Crippen LogP contribution is -2.45. The number of nitrogens with one attached hydrogen (secondary N) is 1. The smallest absolute Gasteiger partial charge is 0.273 e. The van der Waals surface area contributed by atoms with Gasteiger partial charge in [0.25, 0.3) is 5.91 Å². The third-order valence-electron chi connectivity index (χ3n) is 4.30. The van der Waals surface area contributed by atoms with Crippen molar-refractivity contribution in [2.75, 3.05) is 20.6 Å². The SMILES string of the molecule is Cc1c(Cl)c(C(=O)NC2CCCCC2CN(C)C)nn1C. The average molecular weight is 313 g/mol. The Bertz CT molecular complexity index is 512. The molecule has 0 aromatic carbocycles. The minimum Gasteiger partial charge on any atom is -0.348 e. The maximum absolute atomic E-state index is 12.4. The first-order valence-corrected chi connectivity index (χ1v) is 7.92. The second kappa shape index (κ2) is 6.79. The Morgan fingerprint density at radius 3 is 2.67 bits per heavy atom. The lowest BCUT2D eigenvalue weighted by molar-refractivity contribution is 0.0889. The van der Waals surface area contributed by atoms with Crippen LogP contribution >= 0.6 is 11.6 Å². The topological polar surface area (TPSA) is 50.2 Å². The van der Waals surface area contributed by atoms with Crippen LogP contribution in [0.4, 0.5) is 0 Å². The summed E-state index contributed by atoms with van der Waals surface area (Å²) in [5, 5.41) is 7.82. The Labute approximate surface area is 131 Å². The quantitative estimate of drug-likeness (QED) is 0.927. The van der Waals surface area contributed by atoms with Crippen molar-refractivity contribution in [1.29, 1.82) is 0 Å². The normalized spacial score (nSPS) is 22.6. The van der Waals surface area contributed by atoms with Gasteiger partial charge in [-0.2, -0.15) is 5.10 Å². The summed E-state index contributed by atoms with van der Waals surface area (Å²) in [5.74, 6) is 0.348. The summed E-state index contributed by atoms with van der Waals surface area (Å²) in [6.45, 7) is 2.86. The van der Waals surface area contributed by atoms with Crippen molar-refractivity contribution in [3.63, 3.8) is 0 Å². The number of nitrogens with zero attached hydrogens (tertiary/aromatic N) is 3. The second-order valence-electron chi connectivity index (χ2n) is 6.26. The molecule has 1 aromatic heterocycles. The van der Waals surface area contributed by atoms with Gasteiger partial charge in [-0.25, -0.2) is 0 Å². The standard InChI is InChI=1S/C15H25ClN4O/c1-10-13(16)14(18-20(10)4)15(21)17-12-8-6-5-7-11(12)9-19(2)3/h11-12H,5-9H2,1-4H3,(H,17,21). The summed E-state index contributed by atoms with van der Waals surface area (Å²) in [6.07, 6.45) is 4.62. The van der Waals surface area contributed by atoms with E-state index >= 15 is 0 Å². The highest BCUT2D eigenvalue weighted by atomic mass is 35.5. The van der Waals surface area contributed by atoms with Crippen LogP contribution in [0, 0.1) is 12.8 Å². The molecule has 2 unspecified atom stereocenters. The van der Waals surface area contributed by atoms with Crippen LogP contribution in [0.25, 0.3) is 0 Å². The van der Waals surface area contributed by atoms with E-state index in [9.17, 15) is 4.79 Å². The van der Waals surface area contributed by atoms with E-state index in [1.54, 1.807) is 11.7 Å². The third kappa shape index (κ3) is 3.77. The number of hydrogen-bond donors (Lipinski definition) is 1. The van der Waals surface area contributed by atoms with Crippen LogP contribution in [-0.4, -0.2) is 47.3 Å². The van der Waals surface area contributed by atoms with E-state index in [1.165, 1.54) is 12.8 Å². The van der Waals surface area contributed by atoms with Crippen LogP contribution in [0.15, 0.2) is 0 Å². The first-order chi connectivity index (χ1) is 9.90. The van der Waals surface area contributed by atoms with Crippen molar-refractivity contribution < 1.29 is 4.79 Å². The van der Waals surface area contributed by atoms with Crippen LogP contribution < -0.4 is 5.32 Å². The molecule has 1 fully saturated rings. The Morgan fingerprint density at radius 2 is 2.10 bits per heavy atom. The molecule has 6 heteroatoms. The van der Waals surface area contributed by atoms with Gasteiger partial charge < -0.3 is 10.2 Å². The first-order valence-electron chi connectivity index (χ1n) is 7.54. The maximum atomic E-state index is 12.4. The molecular formula is C15H25ClN4O. The number of rotatable bonds is 4. The zero-order chi connectivity index (χ0) is 15.6. The molecular weight excluding hydrogens is 288 g/mol. The average Bonchev–Trinajstić information content (AvgIpc) is 2.68. The van der Waals surface area contributed by atoms with Crippen LogP contribution in [-0.2, 0) is 7.05 Å². The van der Waals surface area contributed by atoms with Gasteiger partial charge in [0.15, 0.2) is 5.69 Å². The molecule has 1 aliphatic rings. The number of halogens is 1. The van der Waals surface area contributed by atoms with Crippen LogP contribution in [0.3, 0.4) is 0 Å². The first kappa shape index (κ1) is 16.3. The molecule has 0 bridgehead atoms. The fourth-order valence-corrected chi connectivity index (χ4v) is 3.30. The van der Waals surface area contributed by atoms with Gasteiger partial charge in [-0.15, -0.1) is 0 Å². The van der Waals surface area contributed by atoms with E-state index in [0.29, 0.717) is 16.6 Å². The van der Waals surface area contributed by atoms with Crippen molar-refractivity contribution in [3.8, 4) is 0 Å². The minimum absolute atomic E-state index is 0.153. The molecule has 2 rings (SSSR count). The zero-order valence-electron chi connectivity index (χ0n) is 13.3. The van der Waals surface area contributed by atoms with Gasteiger partial charge in [-0.05, 0) is 39.8 Å². The van der Waals surface area contributed by atoms with E-state index in [1.807, 2.05) is 6.92 Å². The van der Waals surface area contributed by atoms with Crippen LogP contribution in [0.1, 0.15) is 41.9 Å². The Hall–Kier alpha value is -1.07. The number of carbonyl (C=O) groups excluding carboxylic acids is 1. The predicted molar refractivity (Wildman–Crippen MR) is 84.7 cm³/mol. The van der Waals surface area contributed by atoms with Crippen LogP contribution in [0.5, 0.6) is 0 Å². The number of amides is 1. The van der Waals surface area contributed by atoms with E-state index in [4.69, 9.17) is 11.6 Å². The van der Waals surface area contributed by atoms with E-state index in [0.717, 1.165) is 25.1 Å². The third-order valence-corrected chi connectivity index (χ3v) is 4.75. The van der Waals surface area contributed by atoms with Gasteiger partial charge in [0.2, 0.25) is 0 Å². The van der Waals surface area contributed by atoms with Gasteiger partial charge in [0.05, 0.1) is 10.7 Å². The maximum Gasteiger partial charge on any atom is 0.273 e. The molecule has 1 aliphatic carbocycles. The highest BCUT2D eigenvalue weighted by molar-refractivity contribution is 6.34. The summed E-state index contributed by atoms with van der Waals surface area (Å²) in [4.78, 5) is 14.6. The highest BCUT2D eigenvalue weighted by Crippen LogP contribution is 2.26. The van der Waals surface area contributed by atoms with E-state index in [-0.39, 0.29) is 11.9 Å². The highest BCUT2D eigenvalue weighted by Gasteiger charge is 2.28. The molecule has 1 heterocycles. The van der Waals surface area contributed by atoms with Crippen molar-refractivity contribution in [2.45, 2.75) is 38.6 Å². The largest absolute Gasteiger partial charge is 0.348 e. The molecule has 1 saturated carbocycles. The lowest BCUT2D eigenvalue weighted by atomic mass is 9.84. The molecule has 21 heavy (non-hydrogen) atoms. The van der Waals surface area contributed by atoms with Gasteiger partial charge >= 0.3 is 0 Å². The number of aromatic nitrogens is 2. The molecule has 1 N–H and O–H groups in total. The lowest BCUT2D eigenvalue weighted by Gasteiger charge is -2.33. The summed E-state index contributed by atoms with van der Waals surface area (Å²) < 4.78 is 1.65. The van der Waals surface area contributed by atoms with Gasteiger partial charge in [0.1, 0.15) is 0 Å². The van der Waals surface area contributed by atoms with Crippen molar-refractivity contribution in [2.24, 2.45) is 13.0 Å². The number of carbonyl (C=O) groups is 1. The zero-order valence-corrected chi connectivity index (χ0v) is 14.1. The molecule has 118 valence electrons. The van der Waals surface area contributed by atoms with Crippen molar-refractivity contribution in [1.82, 2.24) is 20.0 Å². The predicted octanol–water partition coefficient (Wildman–Crippen LogP) is 2.23. The monoisotopic (exact) mass is 312 g/mol. The Kier molecular flexibility index (Phi) is 5.27. The summed E-state index contributed by atoms with van der Waals surface area (Å²) in [7, 11) is 5.95. The summed E-state index contributed by atoms with van der Waals surface area (Å²) >= 11 is 6.19. The van der Waals surface area contributed by atoms with Gasteiger partial charge in [-0.1, -0.05) is 24.4 Å². The molecule has 0 saturated heterocycles. The van der Waals surface area contributed by atoms with Crippen molar-refractivity contribution in [3.05, 3.63) is 16.4 Å². The van der Waals surface area contributed by atoms with Gasteiger partial charge in [-0.3, -0.25) is 9.48 Å². The van der Waals surface area contributed by atoms with E-state index in [2.05, 4.69) is 29.4 Å². The molecule has 1 aromatic rings. The summed E-state index contributed by atoms with van der Waals surface area (Å²) in [5.41, 5.74) is 1.15. The summed E-state index contributed by atoms with van der Waals surface area (Å²) in [6, 6.07) is 0.215. The van der Waals surface area contributed by atoms with Crippen molar-refractivity contribution >= 4 is 17.5 Å². The molecule has 1 amide bonds.